The van der Waals surface area contributed by atoms with Gasteiger partial charge in [0.2, 0.25) is 0 Å². The zero-order valence-electron chi connectivity index (χ0n) is 11.9. The van der Waals surface area contributed by atoms with Crippen LogP contribution in [0.1, 0.15) is 31.2 Å². The summed E-state index contributed by atoms with van der Waals surface area (Å²) in [4.78, 5) is 7.17. The van der Waals surface area contributed by atoms with Crippen LogP contribution in [0.3, 0.4) is 0 Å². The molecule has 0 spiro atoms. The van der Waals surface area contributed by atoms with E-state index < -0.39 is 6.61 Å². The van der Waals surface area contributed by atoms with Crippen molar-refractivity contribution in [3.63, 3.8) is 0 Å². The molecule has 1 aromatic rings. The number of hydrogen-bond donors (Lipinski definition) is 0. The zero-order valence-corrected chi connectivity index (χ0v) is 12.7. The Morgan fingerprint density at radius 3 is 2.73 bits per heavy atom. The van der Waals surface area contributed by atoms with Gasteiger partial charge < -0.3 is 9.64 Å². The van der Waals surface area contributed by atoms with Crippen LogP contribution in [0.5, 0.6) is 5.75 Å². The zero-order chi connectivity index (χ0) is 15.1. The summed E-state index contributed by atoms with van der Waals surface area (Å²) in [6.07, 6.45) is 4.84. The molecule has 0 amide bonds. The van der Waals surface area contributed by atoms with Crippen LogP contribution in [-0.2, 0) is 0 Å². The third-order valence-electron chi connectivity index (χ3n) is 4.42. The minimum absolute atomic E-state index is 0.191. The molecule has 0 radical (unpaired) electrons. The van der Waals surface area contributed by atoms with E-state index in [1.54, 1.807) is 23.9 Å². The second-order valence-electron chi connectivity index (χ2n) is 5.72. The fraction of sp³-hybridized carbons (Fsp3) is 0.438. The lowest BCUT2D eigenvalue weighted by Crippen LogP contribution is -2.38. The first-order chi connectivity index (χ1) is 10.7. The highest BCUT2D eigenvalue weighted by molar-refractivity contribution is 8.16. The summed E-state index contributed by atoms with van der Waals surface area (Å²) in [5, 5.41) is 3.19. The highest BCUT2D eigenvalue weighted by Gasteiger charge is 2.42. The van der Waals surface area contributed by atoms with Gasteiger partial charge in [0.05, 0.1) is 17.8 Å². The maximum Gasteiger partial charge on any atom is 0.387 e. The maximum absolute atomic E-state index is 12.2. The van der Waals surface area contributed by atoms with E-state index in [1.165, 1.54) is 25.7 Å². The molecular weight excluding hydrogens is 306 g/mol. The van der Waals surface area contributed by atoms with Crippen LogP contribution in [0, 0.1) is 0 Å². The lowest BCUT2D eigenvalue weighted by molar-refractivity contribution is -0.0498. The van der Waals surface area contributed by atoms with Gasteiger partial charge in [0.25, 0.3) is 0 Å². The number of nitrogens with zero attached hydrogens (tertiary/aromatic N) is 2. The van der Waals surface area contributed by atoms with Crippen molar-refractivity contribution in [3.05, 3.63) is 35.2 Å². The van der Waals surface area contributed by atoms with Crippen LogP contribution in [-0.4, -0.2) is 28.8 Å². The van der Waals surface area contributed by atoms with Crippen LogP contribution >= 0.6 is 11.8 Å². The summed E-state index contributed by atoms with van der Waals surface area (Å²) in [5.74, 6) is 0.191. The molecule has 0 bridgehead atoms. The molecule has 0 unspecified atom stereocenters. The third kappa shape index (κ3) is 2.39. The molecule has 2 heterocycles. The minimum atomic E-state index is -2.78. The molecular formula is C16H16F2N2OS. The van der Waals surface area contributed by atoms with E-state index in [2.05, 4.69) is 15.0 Å². The van der Waals surface area contributed by atoms with Gasteiger partial charge in [-0.25, -0.2) is 0 Å². The molecule has 4 rings (SSSR count). The smallest absolute Gasteiger partial charge is 0.387 e. The molecule has 6 heteroatoms. The Kier molecular flexibility index (Phi) is 3.56. The van der Waals surface area contributed by atoms with Crippen molar-refractivity contribution in [1.29, 1.82) is 0 Å². The van der Waals surface area contributed by atoms with E-state index in [9.17, 15) is 8.78 Å². The van der Waals surface area contributed by atoms with E-state index in [0.29, 0.717) is 12.1 Å². The fourth-order valence-corrected chi connectivity index (χ4v) is 4.45. The standard InChI is InChI=1S/C16H16F2N2OS/c17-15(18)21-11-7-5-10(6-8-11)14-9-22-16-19-12-3-1-2-4-13(12)20(14)16/h5-9,12-13,15H,1-4H2/t12-,13+/m1/s1. The number of thioether (sulfide) groups is 1. The van der Waals surface area contributed by atoms with E-state index in [4.69, 9.17) is 4.99 Å². The number of halogens is 2. The topological polar surface area (TPSA) is 24.8 Å². The average Bonchev–Trinajstić information content (AvgIpc) is 3.06. The summed E-state index contributed by atoms with van der Waals surface area (Å²) < 4.78 is 28.9. The number of ether oxygens (including phenoxy) is 1. The molecule has 0 N–H and O–H groups in total. The van der Waals surface area contributed by atoms with Crippen LogP contribution in [0.4, 0.5) is 8.78 Å². The van der Waals surface area contributed by atoms with Gasteiger partial charge in [0.1, 0.15) is 5.75 Å². The van der Waals surface area contributed by atoms with Gasteiger partial charge in [0, 0.05) is 5.41 Å². The Balaban J connectivity index is 1.57. The normalized spacial score (nSPS) is 26.6. The first-order valence-electron chi connectivity index (χ1n) is 7.51. The van der Waals surface area contributed by atoms with Crippen LogP contribution in [0.2, 0.25) is 0 Å². The summed E-state index contributed by atoms with van der Waals surface area (Å²) in [5.41, 5.74) is 2.15. The number of alkyl halides is 2. The Labute approximate surface area is 132 Å². The highest BCUT2D eigenvalue weighted by atomic mass is 32.2. The van der Waals surface area contributed by atoms with Gasteiger partial charge in [-0.05, 0) is 42.7 Å². The first kappa shape index (κ1) is 14.1. The van der Waals surface area contributed by atoms with Crippen molar-refractivity contribution in [2.75, 3.05) is 0 Å². The number of aliphatic imine (C=N–C) groups is 1. The predicted molar refractivity (Wildman–Crippen MR) is 84.0 cm³/mol. The van der Waals surface area contributed by atoms with Crippen molar-refractivity contribution in [1.82, 2.24) is 4.90 Å². The minimum Gasteiger partial charge on any atom is -0.435 e. The van der Waals surface area contributed by atoms with E-state index in [0.717, 1.165) is 16.4 Å². The molecule has 1 saturated carbocycles. The Morgan fingerprint density at radius 1 is 1.18 bits per heavy atom. The monoisotopic (exact) mass is 322 g/mol. The van der Waals surface area contributed by atoms with Crippen LogP contribution < -0.4 is 4.74 Å². The lowest BCUT2D eigenvalue weighted by Gasteiger charge is -2.32. The van der Waals surface area contributed by atoms with Crippen molar-refractivity contribution in [2.24, 2.45) is 4.99 Å². The van der Waals surface area contributed by atoms with E-state index in [-0.39, 0.29) is 5.75 Å². The SMILES string of the molecule is FC(F)Oc1ccc(C2=CSC3=N[C@@H]4CCCC[C@@H]4N23)cc1. The Bertz CT molecular complexity index is 630. The van der Waals surface area contributed by atoms with Gasteiger partial charge in [-0.15, -0.1) is 0 Å². The van der Waals surface area contributed by atoms with Gasteiger partial charge >= 0.3 is 6.61 Å². The average molecular weight is 322 g/mol. The second-order valence-corrected chi connectivity index (χ2v) is 6.56. The molecule has 2 aliphatic heterocycles. The van der Waals surface area contributed by atoms with Crippen molar-refractivity contribution < 1.29 is 13.5 Å². The molecule has 1 aromatic carbocycles. The predicted octanol–water partition coefficient (Wildman–Crippen LogP) is 4.32. The largest absolute Gasteiger partial charge is 0.435 e. The van der Waals surface area contributed by atoms with Crippen molar-refractivity contribution in [3.8, 4) is 5.75 Å². The molecule has 3 aliphatic rings. The summed E-state index contributed by atoms with van der Waals surface area (Å²) in [6, 6.07) is 7.74. The van der Waals surface area contributed by atoms with Gasteiger partial charge in [-0.3, -0.25) is 4.99 Å². The van der Waals surface area contributed by atoms with E-state index >= 15 is 0 Å². The number of benzene rings is 1. The quantitative estimate of drug-likeness (QED) is 0.829. The molecule has 0 aromatic heterocycles. The molecule has 116 valence electrons. The number of rotatable bonds is 3. The summed E-state index contributed by atoms with van der Waals surface area (Å²) in [7, 11) is 0. The van der Waals surface area contributed by atoms with Gasteiger partial charge in [0.15, 0.2) is 5.17 Å². The van der Waals surface area contributed by atoms with Crippen molar-refractivity contribution in [2.45, 2.75) is 44.4 Å². The molecule has 1 aliphatic carbocycles. The summed E-state index contributed by atoms with van der Waals surface area (Å²) in [6.45, 7) is -2.78. The fourth-order valence-electron chi connectivity index (χ4n) is 3.44. The van der Waals surface area contributed by atoms with Gasteiger partial charge in [-0.1, -0.05) is 24.6 Å². The number of amidine groups is 1. The third-order valence-corrected chi connectivity index (χ3v) is 5.27. The van der Waals surface area contributed by atoms with Crippen LogP contribution in [0.25, 0.3) is 5.70 Å². The molecule has 3 nitrogen and oxygen atoms in total. The summed E-state index contributed by atoms with van der Waals surface area (Å²) >= 11 is 1.66. The molecule has 1 fully saturated rings. The number of hydrogen-bond acceptors (Lipinski definition) is 4. The Hall–Kier alpha value is -1.56. The Morgan fingerprint density at radius 2 is 1.95 bits per heavy atom. The lowest BCUT2D eigenvalue weighted by atomic mass is 9.90. The number of fused-ring (bicyclic) bond motifs is 3. The second kappa shape index (κ2) is 5.57. The highest BCUT2D eigenvalue weighted by Crippen LogP contribution is 2.44. The van der Waals surface area contributed by atoms with Crippen LogP contribution in [0.15, 0.2) is 34.7 Å². The molecule has 0 saturated heterocycles. The van der Waals surface area contributed by atoms with Gasteiger partial charge in [-0.2, -0.15) is 8.78 Å². The molecule has 2 atom stereocenters. The van der Waals surface area contributed by atoms with E-state index in [1.807, 2.05) is 12.1 Å². The maximum atomic E-state index is 12.2. The molecule has 22 heavy (non-hydrogen) atoms. The first-order valence-corrected chi connectivity index (χ1v) is 8.39. The van der Waals surface area contributed by atoms with Crippen molar-refractivity contribution >= 4 is 22.6 Å².